The molecule has 0 atom stereocenters. The summed E-state index contributed by atoms with van der Waals surface area (Å²) < 4.78 is 38.1. The Morgan fingerprint density at radius 2 is 1.56 bits per heavy atom. The summed E-state index contributed by atoms with van der Waals surface area (Å²) in [6, 6.07) is 8.64. The molecule has 7 nitrogen and oxygen atoms in total. The normalized spacial score (nSPS) is 14.1. The third kappa shape index (κ3) is 4.94. The third-order valence-corrected chi connectivity index (χ3v) is 7.12. The zero-order chi connectivity index (χ0) is 24.1. The minimum atomic E-state index is -0.289. The number of hydrogen-bond donors (Lipinski definition) is 0. The number of nitrogens with zero attached hydrogens (tertiary/aromatic N) is 3. The Morgan fingerprint density at radius 3 is 2.18 bits per heavy atom. The molecule has 0 N–H and O–H groups in total. The van der Waals surface area contributed by atoms with Gasteiger partial charge in [-0.05, 0) is 43.2 Å². The number of aromatic nitrogens is 3. The fourth-order valence-corrected chi connectivity index (χ4v) is 5.44. The van der Waals surface area contributed by atoms with Crippen molar-refractivity contribution in [2.24, 2.45) is 0 Å². The van der Waals surface area contributed by atoms with Crippen LogP contribution in [-0.4, -0.2) is 43.2 Å². The van der Waals surface area contributed by atoms with Gasteiger partial charge in [0.15, 0.2) is 22.5 Å². The third-order valence-electron chi connectivity index (χ3n) is 6.13. The molecule has 0 aliphatic heterocycles. The Balaban J connectivity index is 1.74. The van der Waals surface area contributed by atoms with Gasteiger partial charge >= 0.3 is 0 Å². The molecule has 0 radical (unpaired) electrons. The molecule has 9 heteroatoms. The molecule has 34 heavy (non-hydrogen) atoms. The molecule has 4 rings (SSSR count). The van der Waals surface area contributed by atoms with Crippen LogP contribution in [0.2, 0.25) is 0 Å². The first-order chi connectivity index (χ1) is 16.6. The lowest BCUT2D eigenvalue weighted by atomic mass is 9.95. The van der Waals surface area contributed by atoms with Crippen molar-refractivity contribution >= 4 is 11.8 Å². The fraction of sp³-hybridized carbons (Fsp3) is 0.440. The standard InChI is InChI=1S/C25H30FN3O4S/c1-30-20-11-10-18(26)12-17(20)15-34-25-28-27-24(29(25)19-8-6-5-7-9-19)16-13-21(31-2)23(33-4)22(14-16)32-3/h10-14,19H,5-9,15H2,1-4H3. The predicted molar refractivity (Wildman–Crippen MR) is 130 cm³/mol. The first kappa shape index (κ1) is 24.2. The van der Waals surface area contributed by atoms with Gasteiger partial charge in [0.25, 0.3) is 0 Å². The molecular weight excluding hydrogens is 457 g/mol. The number of halogens is 1. The topological polar surface area (TPSA) is 67.6 Å². The second-order valence-corrected chi connectivity index (χ2v) is 9.07. The van der Waals surface area contributed by atoms with E-state index < -0.39 is 0 Å². The van der Waals surface area contributed by atoms with Crippen LogP contribution in [0.4, 0.5) is 4.39 Å². The van der Waals surface area contributed by atoms with Crippen LogP contribution in [0.3, 0.4) is 0 Å². The Hall–Kier alpha value is -2.94. The highest BCUT2D eigenvalue weighted by Gasteiger charge is 2.26. The summed E-state index contributed by atoms with van der Waals surface area (Å²) in [4.78, 5) is 0. The average molecular weight is 488 g/mol. The summed E-state index contributed by atoms with van der Waals surface area (Å²) in [7, 11) is 6.37. The van der Waals surface area contributed by atoms with Gasteiger partial charge < -0.3 is 18.9 Å². The van der Waals surface area contributed by atoms with Crippen molar-refractivity contribution in [1.29, 1.82) is 0 Å². The van der Waals surface area contributed by atoms with E-state index in [1.54, 1.807) is 34.5 Å². The lowest BCUT2D eigenvalue weighted by molar-refractivity contribution is 0.324. The van der Waals surface area contributed by atoms with E-state index in [2.05, 4.69) is 14.8 Å². The Labute approximate surface area is 203 Å². The summed E-state index contributed by atoms with van der Waals surface area (Å²) in [5.41, 5.74) is 1.61. The molecule has 1 saturated carbocycles. The molecular formula is C25H30FN3O4S. The zero-order valence-electron chi connectivity index (χ0n) is 20.0. The summed E-state index contributed by atoms with van der Waals surface area (Å²) in [5.74, 6) is 3.29. The predicted octanol–water partition coefficient (Wildman–Crippen LogP) is 5.92. The van der Waals surface area contributed by atoms with Crippen LogP contribution in [-0.2, 0) is 5.75 Å². The van der Waals surface area contributed by atoms with Crippen LogP contribution >= 0.6 is 11.8 Å². The molecule has 0 spiro atoms. The van der Waals surface area contributed by atoms with E-state index in [-0.39, 0.29) is 11.9 Å². The first-order valence-corrected chi connectivity index (χ1v) is 12.3. The van der Waals surface area contributed by atoms with Crippen LogP contribution in [0, 0.1) is 5.82 Å². The van der Waals surface area contributed by atoms with E-state index in [0.717, 1.165) is 34.9 Å². The van der Waals surface area contributed by atoms with Crippen molar-refractivity contribution in [2.45, 2.75) is 49.1 Å². The van der Waals surface area contributed by atoms with Crippen LogP contribution in [0.25, 0.3) is 11.4 Å². The minimum absolute atomic E-state index is 0.287. The lowest BCUT2D eigenvalue weighted by Gasteiger charge is -2.26. The molecule has 1 aromatic heterocycles. The van der Waals surface area contributed by atoms with Gasteiger partial charge in [-0.1, -0.05) is 31.0 Å². The van der Waals surface area contributed by atoms with Gasteiger partial charge in [0.2, 0.25) is 5.75 Å². The highest BCUT2D eigenvalue weighted by Crippen LogP contribution is 2.43. The van der Waals surface area contributed by atoms with Crippen molar-refractivity contribution in [3.8, 4) is 34.4 Å². The summed E-state index contributed by atoms with van der Waals surface area (Å²) in [5, 5.41) is 9.91. The van der Waals surface area contributed by atoms with Gasteiger partial charge in [0.05, 0.1) is 28.4 Å². The minimum Gasteiger partial charge on any atom is -0.496 e. The highest BCUT2D eigenvalue weighted by atomic mass is 32.2. The van der Waals surface area contributed by atoms with E-state index in [1.165, 1.54) is 43.2 Å². The molecule has 0 amide bonds. The van der Waals surface area contributed by atoms with Crippen LogP contribution in [0.1, 0.15) is 43.7 Å². The van der Waals surface area contributed by atoms with Crippen LogP contribution < -0.4 is 18.9 Å². The van der Waals surface area contributed by atoms with Gasteiger partial charge in [0.1, 0.15) is 11.6 Å². The Kier molecular flexibility index (Phi) is 7.82. The maximum atomic E-state index is 13.9. The second kappa shape index (κ2) is 11.0. The molecule has 0 bridgehead atoms. The van der Waals surface area contributed by atoms with Gasteiger partial charge in [0, 0.05) is 22.9 Å². The Bertz CT molecular complexity index is 1110. The second-order valence-electron chi connectivity index (χ2n) is 8.13. The van der Waals surface area contributed by atoms with Crippen LogP contribution in [0.15, 0.2) is 35.5 Å². The van der Waals surface area contributed by atoms with Crippen molar-refractivity contribution in [2.75, 3.05) is 28.4 Å². The van der Waals surface area contributed by atoms with Crippen molar-refractivity contribution < 1.29 is 23.3 Å². The van der Waals surface area contributed by atoms with Crippen molar-refractivity contribution in [1.82, 2.24) is 14.8 Å². The fourth-order valence-electron chi connectivity index (χ4n) is 4.45. The number of rotatable bonds is 9. The van der Waals surface area contributed by atoms with Gasteiger partial charge in [-0.25, -0.2) is 4.39 Å². The molecule has 3 aromatic rings. The van der Waals surface area contributed by atoms with Crippen molar-refractivity contribution in [3.63, 3.8) is 0 Å². The SMILES string of the molecule is COc1ccc(F)cc1CSc1nnc(-c2cc(OC)c(OC)c(OC)c2)n1C1CCCCC1. The number of thioether (sulfide) groups is 1. The molecule has 2 aromatic carbocycles. The maximum absolute atomic E-state index is 13.9. The zero-order valence-corrected chi connectivity index (χ0v) is 20.8. The number of methoxy groups -OCH3 is 4. The van der Waals surface area contributed by atoms with Gasteiger partial charge in [-0.3, -0.25) is 4.57 Å². The van der Waals surface area contributed by atoms with E-state index in [0.29, 0.717) is 28.8 Å². The monoisotopic (exact) mass is 487 g/mol. The van der Waals surface area contributed by atoms with Crippen molar-refractivity contribution in [3.05, 3.63) is 41.7 Å². The highest BCUT2D eigenvalue weighted by molar-refractivity contribution is 7.98. The molecule has 0 saturated heterocycles. The molecule has 1 fully saturated rings. The molecule has 182 valence electrons. The van der Waals surface area contributed by atoms with E-state index in [4.69, 9.17) is 18.9 Å². The molecule has 1 aliphatic carbocycles. The van der Waals surface area contributed by atoms with Gasteiger partial charge in [-0.15, -0.1) is 10.2 Å². The summed E-state index contributed by atoms with van der Waals surface area (Å²) in [6.45, 7) is 0. The smallest absolute Gasteiger partial charge is 0.203 e. The lowest BCUT2D eigenvalue weighted by Crippen LogP contribution is -2.15. The maximum Gasteiger partial charge on any atom is 0.203 e. The van der Waals surface area contributed by atoms with E-state index in [9.17, 15) is 4.39 Å². The number of benzene rings is 2. The Morgan fingerprint density at radius 1 is 0.882 bits per heavy atom. The molecule has 1 heterocycles. The number of ether oxygens (including phenoxy) is 4. The summed E-state index contributed by atoms with van der Waals surface area (Å²) >= 11 is 1.53. The van der Waals surface area contributed by atoms with Crippen LogP contribution in [0.5, 0.6) is 23.0 Å². The van der Waals surface area contributed by atoms with E-state index in [1.807, 2.05) is 12.1 Å². The molecule has 0 unspecified atom stereocenters. The molecule has 1 aliphatic rings. The van der Waals surface area contributed by atoms with Gasteiger partial charge in [-0.2, -0.15) is 0 Å². The average Bonchev–Trinajstić information content (AvgIpc) is 3.31. The number of hydrogen-bond acceptors (Lipinski definition) is 7. The largest absolute Gasteiger partial charge is 0.496 e. The quantitative estimate of drug-likeness (QED) is 0.347. The summed E-state index contributed by atoms with van der Waals surface area (Å²) in [6.07, 6.45) is 5.69. The first-order valence-electron chi connectivity index (χ1n) is 11.3. The van der Waals surface area contributed by atoms with E-state index >= 15 is 0 Å².